The van der Waals surface area contributed by atoms with Crippen molar-refractivity contribution in [3.8, 4) is 17.0 Å². The van der Waals surface area contributed by atoms with Crippen molar-refractivity contribution in [1.82, 2.24) is 19.3 Å². The Morgan fingerprint density at radius 2 is 1.75 bits per heavy atom. The van der Waals surface area contributed by atoms with Gasteiger partial charge in [0.15, 0.2) is 11.5 Å². The first-order valence-corrected chi connectivity index (χ1v) is 11.6. The molecule has 0 bridgehead atoms. The van der Waals surface area contributed by atoms with Gasteiger partial charge in [0.1, 0.15) is 17.1 Å². The normalized spacial score (nSPS) is 17.6. The Morgan fingerprint density at radius 1 is 1.00 bits per heavy atom. The molecule has 0 unspecified atom stereocenters. The lowest BCUT2D eigenvalue weighted by Gasteiger charge is -2.33. The number of imidazole rings is 1. The van der Waals surface area contributed by atoms with Gasteiger partial charge < -0.3 is 19.6 Å². The molecule has 0 amide bonds. The molecule has 0 atom stereocenters. The van der Waals surface area contributed by atoms with E-state index in [4.69, 9.17) is 9.72 Å². The fourth-order valence-corrected chi connectivity index (χ4v) is 4.63. The number of hydrogen-bond donors (Lipinski definition) is 1. The maximum atomic E-state index is 11.0. The number of aromatic hydroxyl groups is 1. The third kappa shape index (κ3) is 4.01. The van der Waals surface area contributed by atoms with Crippen LogP contribution in [0.5, 0.6) is 5.75 Å². The van der Waals surface area contributed by atoms with E-state index in [1.165, 1.54) is 5.49 Å². The van der Waals surface area contributed by atoms with Crippen molar-refractivity contribution in [3.05, 3.63) is 36.7 Å². The van der Waals surface area contributed by atoms with Gasteiger partial charge in [-0.3, -0.25) is 9.30 Å². The highest BCUT2D eigenvalue weighted by Gasteiger charge is 2.24. The number of piperazine rings is 1. The van der Waals surface area contributed by atoms with Crippen LogP contribution in [0.1, 0.15) is 0 Å². The van der Waals surface area contributed by atoms with E-state index in [-0.39, 0.29) is 5.75 Å². The van der Waals surface area contributed by atoms with Gasteiger partial charge in [-0.25, -0.2) is 9.97 Å². The lowest BCUT2D eigenvalue weighted by molar-refractivity contribution is 0.122. The lowest BCUT2D eigenvalue weighted by Crippen LogP contribution is -2.46. The maximum absolute atomic E-state index is 11.0. The van der Waals surface area contributed by atoms with Gasteiger partial charge in [0, 0.05) is 51.0 Å². The number of nitrogens with zero attached hydrogens (tertiary/aromatic N) is 6. The molecule has 5 rings (SSSR count). The molecule has 2 saturated heterocycles. The van der Waals surface area contributed by atoms with E-state index < -0.39 is 10.3 Å². The molecular weight excluding hydrogens is 432 g/mol. The topological polar surface area (TPSA) is 104 Å². The highest BCUT2D eigenvalue weighted by molar-refractivity contribution is 7.71. The molecule has 10 nitrogen and oxygen atoms in total. The molecule has 32 heavy (non-hydrogen) atoms. The molecule has 168 valence electrons. The number of fused-ring (bicyclic) bond motifs is 1. The maximum Gasteiger partial charge on any atom is 0.225 e. The summed E-state index contributed by atoms with van der Waals surface area (Å²) in [5.74, 6) is 1.84. The zero-order valence-corrected chi connectivity index (χ0v) is 18.3. The van der Waals surface area contributed by atoms with Gasteiger partial charge >= 0.3 is 0 Å². The zero-order valence-electron chi connectivity index (χ0n) is 17.5. The Morgan fingerprint density at radius 3 is 2.47 bits per heavy atom. The molecule has 0 aliphatic carbocycles. The van der Waals surface area contributed by atoms with Crippen molar-refractivity contribution in [3.63, 3.8) is 0 Å². The minimum atomic E-state index is -2.20. The number of ether oxygens (including phenoxy) is 1. The van der Waals surface area contributed by atoms with E-state index >= 15 is 0 Å². The quantitative estimate of drug-likeness (QED) is 0.568. The summed E-state index contributed by atoms with van der Waals surface area (Å²) in [5.41, 5.74) is 3.30. The first-order valence-electron chi connectivity index (χ1n) is 10.5. The largest absolute Gasteiger partial charge is 0.507 e. The van der Waals surface area contributed by atoms with Crippen LogP contribution in [0, 0.1) is 0 Å². The van der Waals surface area contributed by atoms with Crippen molar-refractivity contribution >= 4 is 33.1 Å². The molecule has 0 spiro atoms. The first kappa shape index (κ1) is 20.7. The average Bonchev–Trinajstić information content (AvgIpc) is 3.23. The predicted molar refractivity (Wildman–Crippen MR) is 122 cm³/mol. The molecule has 11 heteroatoms. The van der Waals surface area contributed by atoms with Gasteiger partial charge in [-0.1, -0.05) is 12.1 Å². The van der Waals surface area contributed by atoms with Crippen LogP contribution >= 0.6 is 0 Å². The van der Waals surface area contributed by atoms with Crippen LogP contribution in [-0.4, -0.2) is 90.8 Å². The number of rotatable bonds is 4. The molecule has 0 saturated carbocycles. The van der Waals surface area contributed by atoms with Crippen LogP contribution in [0.2, 0.25) is 0 Å². The van der Waals surface area contributed by atoms with Crippen LogP contribution in [0.15, 0.2) is 36.7 Å². The van der Waals surface area contributed by atoms with Crippen LogP contribution in [0.25, 0.3) is 16.9 Å². The number of aromatic nitrogens is 3. The minimum absolute atomic E-state index is 0.170. The third-order valence-electron chi connectivity index (χ3n) is 5.82. The third-order valence-corrected chi connectivity index (χ3v) is 6.29. The highest BCUT2D eigenvalue weighted by atomic mass is 32.2. The average molecular weight is 457 g/mol. The Balaban J connectivity index is 1.57. The number of para-hydroxylation sites is 1. The van der Waals surface area contributed by atoms with Gasteiger partial charge in [-0.2, -0.15) is 8.42 Å². The Kier molecular flexibility index (Phi) is 5.68. The number of anilines is 2. The number of benzene rings is 1. The number of hydrogen-bond acceptors (Lipinski definition) is 8. The Hall–Kier alpha value is -3.15. The monoisotopic (exact) mass is 456 g/mol. The van der Waals surface area contributed by atoms with Crippen LogP contribution in [0.3, 0.4) is 0 Å². The molecule has 2 fully saturated rings. The van der Waals surface area contributed by atoms with Gasteiger partial charge in [0.05, 0.1) is 25.1 Å². The number of phenols is 1. The van der Waals surface area contributed by atoms with E-state index in [1.807, 2.05) is 28.9 Å². The zero-order chi connectivity index (χ0) is 22.1. The number of phenolic OH excluding ortho intramolecular Hbond substituents is 1. The smallest absolute Gasteiger partial charge is 0.225 e. The van der Waals surface area contributed by atoms with Gasteiger partial charge in [0.25, 0.3) is 0 Å². The second-order valence-electron chi connectivity index (χ2n) is 7.77. The first-order chi connectivity index (χ1) is 15.6. The van der Waals surface area contributed by atoms with Gasteiger partial charge in [0.2, 0.25) is 10.3 Å². The summed E-state index contributed by atoms with van der Waals surface area (Å²) in [6.07, 6.45) is 3.74. The Labute approximate surface area is 186 Å². The van der Waals surface area contributed by atoms with Crippen LogP contribution < -0.4 is 9.80 Å². The molecule has 0 radical (unpaired) electrons. The SMILES string of the molecule is O=S(=O)=CN1CCN(c2cnc3c(N4CCOCC4)nc(-c4ccccc4O)cn23)CC1. The molecule has 2 aliphatic heterocycles. The van der Waals surface area contributed by atoms with Crippen molar-refractivity contribution in [2.45, 2.75) is 0 Å². The second kappa shape index (κ2) is 8.77. The molecule has 1 aromatic carbocycles. The fraction of sp³-hybridized carbons (Fsp3) is 0.381. The van der Waals surface area contributed by atoms with Crippen molar-refractivity contribution < 1.29 is 18.3 Å². The van der Waals surface area contributed by atoms with Crippen molar-refractivity contribution in [2.24, 2.45) is 0 Å². The summed E-state index contributed by atoms with van der Waals surface area (Å²) in [7, 11) is -2.20. The molecular formula is C21H24N6O4S. The lowest BCUT2D eigenvalue weighted by atomic mass is 10.1. The fourth-order valence-electron chi connectivity index (χ4n) is 4.18. The Bertz CT molecular complexity index is 1250. The standard InChI is InChI=1S/C21H24N6O4S/c28-18-4-2-1-3-16(18)17-14-27-19(25-7-5-24(6-8-25)15-32(29)30)13-22-20(27)21(23-17)26-9-11-31-12-10-26/h1-4,13-15,28H,5-12H2. The summed E-state index contributed by atoms with van der Waals surface area (Å²) in [5, 5.41) is 10.4. The van der Waals surface area contributed by atoms with E-state index in [9.17, 15) is 13.5 Å². The molecule has 1 N–H and O–H groups in total. The van der Waals surface area contributed by atoms with Crippen LogP contribution in [0.4, 0.5) is 11.6 Å². The van der Waals surface area contributed by atoms with Crippen LogP contribution in [-0.2, 0) is 15.0 Å². The summed E-state index contributed by atoms with van der Waals surface area (Å²) >= 11 is 0. The van der Waals surface area contributed by atoms with E-state index in [0.717, 1.165) is 30.4 Å². The van der Waals surface area contributed by atoms with E-state index in [2.05, 4.69) is 14.8 Å². The van der Waals surface area contributed by atoms with Crippen molar-refractivity contribution in [1.29, 1.82) is 0 Å². The highest BCUT2D eigenvalue weighted by Crippen LogP contribution is 2.32. The molecule has 4 heterocycles. The predicted octanol–water partition coefficient (Wildman–Crippen LogP) is 0.699. The molecule has 2 aliphatic rings. The summed E-state index contributed by atoms with van der Waals surface area (Å²) in [6.45, 7) is 5.24. The summed E-state index contributed by atoms with van der Waals surface area (Å²) in [4.78, 5) is 15.7. The second-order valence-corrected chi connectivity index (χ2v) is 8.50. The summed E-state index contributed by atoms with van der Waals surface area (Å²) in [6, 6.07) is 7.16. The summed E-state index contributed by atoms with van der Waals surface area (Å²) < 4.78 is 29.5. The van der Waals surface area contributed by atoms with Crippen molar-refractivity contribution in [2.75, 3.05) is 62.3 Å². The minimum Gasteiger partial charge on any atom is -0.507 e. The van der Waals surface area contributed by atoms with Gasteiger partial charge in [-0.05, 0) is 12.1 Å². The molecule has 2 aromatic heterocycles. The van der Waals surface area contributed by atoms with Gasteiger partial charge in [-0.15, -0.1) is 0 Å². The number of morpholine rings is 1. The molecule has 3 aromatic rings. The van der Waals surface area contributed by atoms with E-state index in [1.54, 1.807) is 17.0 Å². The van der Waals surface area contributed by atoms with E-state index in [0.29, 0.717) is 50.7 Å².